The van der Waals surface area contributed by atoms with Gasteiger partial charge in [0.2, 0.25) is 0 Å². The third-order valence-corrected chi connectivity index (χ3v) is 3.36. The van der Waals surface area contributed by atoms with Crippen molar-refractivity contribution in [3.63, 3.8) is 0 Å². The van der Waals surface area contributed by atoms with Gasteiger partial charge in [-0.3, -0.25) is 0 Å². The highest BCUT2D eigenvalue weighted by Crippen LogP contribution is 2.23. The maximum absolute atomic E-state index is 13.6. The van der Waals surface area contributed by atoms with E-state index >= 15 is 0 Å². The van der Waals surface area contributed by atoms with Crippen LogP contribution in [0.25, 0.3) is 0 Å². The topological polar surface area (TPSA) is 35.2 Å². The molecule has 106 valence electrons. The van der Waals surface area contributed by atoms with Crippen LogP contribution in [0, 0.1) is 12.7 Å². The highest BCUT2D eigenvalue weighted by atomic mass is 35.5. The highest BCUT2D eigenvalue weighted by molar-refractivity contribution is 6.30. The van der Waals surface area contributed by atoms with E-state index in [0.717, 1.165) is 16.9 Å². The molecule has 20 heavy (non-hydrogen) atoms. The quantitative estimate of drug-likeness (QED) is 0.907. The van der Waals surface area contributed by atoms with Crippen molar-refractivity contribution in [1.82, 2.24) is 0 Å². The van der Waals surface area contributed by atoms with Crippen LogP contribution < -0.4 is 10.5 Å². The normalized spacial score (nSPS) is 12.2. The van der Waals surface area contributed by atoms with Gasteiger partial charge < -0.3 is 10.5 Å². The van der Waals surface area contributed by atoms with Crippen LogP contribution in [0.2, 0.25) is 5.02 Å². The van der Waals surface area contributed by atoms with Gasteiger partial charge in [0.05, 0.1) is 0 Å². The first-order valence-electron chi connectivity index (χ1n) is 6.40. The fourth-order valence-electron chi connectivity index (χ4n) is 1.91. The Morgan fingerprint density at radius 1 is 1.25 bits per heavy atom. The molecule has 0 saturated heterocycles. The van der Waals surface area contributed by atoms with Gasteiger partial charge in [-0.15, -0.1) is 0 Å². The Morgan fingerprint density at radius 3 is 2.60 bits per heavy atom. The van der Waals surface area contributed by atoms with E-state index in [-0.39, 0.29) is 18.5 Å². The molecule has 0 aromatic heterocycles. The van der Waals surface area contributed by atoms with Crippen molar-refractivity contribution in [3.8, 4) is 5.75 Å². The van der Waals surface area contributed by atoms with Crippen LogP contribution in [-0.2, 0) is 6.61 Å². The molecule has 4 heteroatoms. The van der Waals surface area contributed by atoms with E-state index in [2.05, 4.69) is 0 Å². The van der Waals surface area contributed by atoms with Gasteiger partial charge in [-0.2, -0.15) is 0 Å². The Bertz CT molecular complexity index is 613. The van der Waals surface area contributed by atoms with E-state index in [1.807, 2.05) is 32.0 Å². The molecule has 0 fully saturated rings. The molecule has 2 N–H and O–H groups in total. The first-order valence-corrected chi connectivity index (χ1v) is 6.78. The largest absolute Gasteiger partial charge is 0.489 e. The van der Waals surface area contributed by atoms with E-state index in [0.29, 0.717) is 10.6 Å². The summed E-state index contributed by atoms with van der Waals surface area (Å²) in [5.74, 6) is 0.367. The number of hydrogen-bond acceptors (Lipinski definition) is 2. The molecule has 0 aliphatic carbocycles. The monoisotopic (exact) mass is 293 g/mol. The van der Waals surface area contributed by atoms with Gasteiger partial charge in [0, 0.05) is 16.6 Å². The second kappa shape index (κ2) is 6.25. The third kappa shape index (κ3) is 3.50. The summed E-state index contributed by atoms with van der Waals surface area (Å²) in [6.07, 6.45) is 0. The molecule has 1 unspecified atom stereocenters. The number of benzene rings is 2. The lowest BCUT2D eigenvalue weighted by molar-refractivity contribution is 0.297. The molecule has 2 nitrogen and oxygen atoms in total. The SMILES string of the molecule is Cc1cc(C(C)N)ccc1OCc1ccc(Cl)cc1F. The van der Waals surface area contributed by atoms with Crippen molar-refractivity contribution in [2.45, 2.75) is 26.5 Å². The highest BCUT2D eigenvalue weighted by Gasteiger charge is 2.07. The minimum absolute atomic E-state index is 0.0172. The maximum atomic E-state index is 13.6. The Morgan fingerprint density at radius 2 is 2.00 bits per heavy atom. The molecule has 1 atom stereocenters. The molecule has 2 rings (SSSR count). The molecule has 2 aromatic carbocycles. The lowest BCUT2D eigenvalue weighted by atomic mass is 10.1. The van der Waals surface area contributed by atoms with Gasteiger partial charge in [-0.05, 0) is 43.2 Å². The molecule has 0 heterocycles. The summed E-state index contributed by atoms with van der Waals surface area (Å²) in [7, 11) is 0. The Kier molecular flexibility index (Phi) is 4.63. The van der Waals surface area contributed by atoms with Crippen molar-refractivity contribution in [2.75, 3.05) is 0 Å². The fourth-order valence-corrected chi connectivity index (χ4v) is 2.07. The second-order valence-corrected chi connectivity index (χ2v) is 5.27. The number of hydrogen-bond donors (Lipinski definition) is 1. The van der Waals surface area contributed by atoms with Crippen molar-refractivity contribution < 1.29 is 9.13 Å². The van der Waals surface area contributed by atoms with Crippen LogP contribution in [-0.4, -0.2) is 0 Å². The van der Waals surface area contributed by atoms with Crippen molar-refractivity contribution in [1.29, 1.82) is 0 Å². The predicted molar refractivity (Wildman–Crippen MR) is 79.5 cm³/mol. The zero-order valence-electron chi connectivity index (χ0n) is 11.5. The molecule has 0 bridgehead atoms. The number of aryl methyl sites for hydroxylation is 1. The zero-order valence-corrected chi connectivity index (χ0v) is 12.2. The number of rotatable bonds is 4. The molecule has 2 aromatic rings. The summed E-state index contributed by atoms with van der Waals surface area (Å²) in [6.45, 7) is 4.04. The first-order chi connectivity index (χ1) is 9.47. The molecule has 0 radical (unpaired) electrons. The number of nitrogens with two attached hydrogens (primary N) is 1. The zero-order chi connectivity index (χ0) is 14.7. The average molecular weight is 294 g/mol. The van der Waals surface area contributed by atoms with E-state index in [4.69, 9.17) is 22.1 Å². The standard InChI is InChI=1S/C16H17ClFNO/c1-10-7-12(11(2)19)4-6-16(10)20-9-13-3-5-14(17)8-15(13)18/h3-8,11H,9,19H2,1-2H3. The molecule has 0 amide bonds. The van der Waals surface area contributed by atoms with Gasteiger partial charge in [0.25, 0.3) is 0 Å². The Hall–Kier alpha value is -1.58. The smallest absolute Gasteiger partial charge is 0.131 e. The lowest BCUT2D eigenvalue weighted by Crippen LogP contribution is -2.06. The van der Waals surface area contributed by atoms with Crippen LogP contribution in [0.15, 0.2) is 36.4 Å². The van der Waals surface area contributed by atoms with Crippen molar-refractivity contribution in [2.24, 2.45) is 5.73 Å². The minimum Gasteiger partial charge on any atom is -0.489 e. The van der Waals surface area contributed by atoms with Crippen LogP contribution in [0.4, 0.5) is 4.39 Å². The second-order valence-electron chi connectivity index (χ2n) is 4.84. The molecular weight excluding hydrogens is 277 g/mol. The van der Waals surface area contributed by atoms with E-state index < -0.39 is 0 Å². The van der Waals surface area contributed by atoms with E-state index in [1.165, 1.54) is 6.07 Å². The molecule has 0 aliphatic rings. The minimum atomic E-state index is -0.359. The molecule has 0 saturated carbocycles. The summed E-state index contributed by atoms with van der Waals surface area (Å²) in [5.41, 5.74) is 8.34. The van der Waals surface area contributed by atoms with Gasteiger partial charge in [0.1, 0.15) is 18.2 Å². The van der Waals surface area contributed by atoms with Gasteiger partial charge in [0.15, 0.2) is 0 Å². The average Bonchev–Trinajstić information content (AvgIpc) is 2.38. The van der Waals surface area contributed by atoms with Crippen LogP contribution in [0.1, 0.15) is 29.7 Å². The van der Waals surface area contributed by atoms with E-state index in [1.54, 1.807) is 12.1 Å². The summed E-state index contributed by atoms with van der Waals surface area (Å²) in [6, 6.07) is 10.3. The fraction of sp³-hybridized carbons (Fsp3) is 0.250. The van der Waals surface area contributed by atoms with E-state index in [9.17, 15) is 4.39 Å². The number of halogens is 2. The summed E-state index contributed by atoms with van der Waals surface area (Å²) < 4.78 is 19.3. The summed E-state index contributed by atoms with van der Waals surface area (Å²) >= 11 is 5.71. The van der Waals surface area contributed by atoms with Gasteiger partial charge in [-0.1, -0.05) is 29.8 Å². The predicted octanol–water partition coefficient (Wildman–Crippen LogP) is 4.39. The van der Waals surface area contributed by atoms with Crippen LogP contribution in [0.3, 0.4) is 0 Å². The first kappa shape index (κ1) is 14.8. The van der Waals surface area contributed by atoms with Crippen LogP contribution >= 0.6 is 11.6 Å². The Balaban J connectivity index is 2.11. The Labute approximate surface area is 123 Å². The molecular formula is C16H17ClFNO. The van der Waals surface area contributed by atoms with Crippen molar-refractivity contribution >= 4 is 11.6 Å². The summed E-state index contributed by atoms with van der Waals surface area (Å²) in [4.78, 5) is 0. The van der Waals surface area contributed by atoms with Crippen LogP contribution in [0.5, 0.6) is 5.75 Å². The van der Waals surface area contributed by atoms with Crippen molar-refractivity contribution in [3.05, 3.63) is 63.9 Å². The molecule has 0 spiro atoms. The third-order valence-electron chi connectivity index (χ3n) is 3.12. The summed E-state index contributed by atoms with van der Waals surface area (Å²) in [5, 5.41) is 0.378. The maximum Gasteiger partial charge on any atom is 0.131 e. The van der Waals surface area contributed by atoms with Gasteiger partial charge in [-0.25, -0.2) is 4.39 Å². The molecule has 0 aliphatic heterocycles. The lowest BCUT2D eigenvalue weighted by Gasteiger charge is -2.12. The number of ether oxygens (including phenoxy) is 1. The van der Waals surface area contributed by atoms with Gasteiger partial charge >= 0.3 is 0 Å².